The third kappa shape index (κ3) is 3.29. The normalized spacial score (nSPS) is 12.0. The van der Waals surface area contributed by atoms with E-state index in [2.05, 4.69) is 0 Å². The van der Waals surface area contributed by atoms with Crippen LogP contribution < -0.4 is 10.5 Å². The summed E-state index contributed by atoms with van der Waals surface area (Å²) in [6.45, 7) is 1.66. The Kier molecular flexibility index (Phi) is 4.40. The van der Waals surface area contributed by atoms with E-state index in [1.165, 1.54) is 30.3 Å². The number of para-hydroxylation sites is 1. The number of nitro groups is 1. The molecule has 0 saturated carbocycles. The van der Waals surface area contributed by atoms with Crippen LogP contribution in [0.1, 0.15) is 18.5 Å². The molecule has 7 heteroatoms. The molecule has 0 spiro atoms. The summed E-state index contributed by atoms with van der Waals surface area (Å²) in [6, 6.07) is 7.61. The van der Waals surface area contributed by atoms with Gasteiger partial charge in [0.15, 0.2) is 11.6 Å². The number of rotatable bonds is 4. The predicted molar refractivity (Wildman–Crippen MR) is 77.2 cm³/mol. The van der Waals surface area contributed by atoms with Gasteiger partial charge in [-0.05, 0) is 19.1 Å². The fourth-order valence-corrected chi connectivity index (χ4v) is 1.98. The van der Waals surface area contributed by atoms with E-state index >= 15 is 0 Å². The summed E-state index contributed by atoms with van der Waals surface area (Å²) >= 11 is 5.81. The zero-order chi connectivity index (χ0) is 15.6. The summed E-state index contributed by atoms with van der Waals surface area (Å²) in [6.07, 6.45) is 0. The fourth-order valence-electron chi connectivity index (χ4n) is 1.82. The van der Waals surface area contributed by atoms with Crippen LogP contribution in [0.5, 0.6) is 11.5 Å². The molecule has 1 atom stereocenters. The van der Waals surface area contributed by atoms with Crippen molar-refractivity contribution in [3.63, 3.8) is 0 Å². The summed E-state index contributed by atoms with van der Waals surface area (Å²) in [5.74, 6) is -0.934. The van der Waals surface area contributed by atoms with E-state index in [4.69, 9.17) is 22.1 Å². The Morgan fingerprint density at radius 3 is 2.71 bits per heavy atom. The molecule has 2 N–H and O–H groups in total. The summed E-state index contributed by atoms with van der Waals surface area (Å²) in [5.41, 5.74) is 5.86. The Morgan fingerprint density at radius 2 is 2.10 bits per heavy atom. The van der Waals surface area contributed by atoms with Crippen LogP contribution >= 0.6 is 11.6 Å². The van der Waals surface area contributed by atoms with E-state index in [-0.39, 0.29) is 22.2 Å². The lowest BCUT2D eigenvalue weighted by molar-refractivity contribution is -0.385. The highest BCUT2D eigenvalue weighted by Crippen LogP contribution is 2.37. The van der Waals surface area contributed by atoms with Crippen LogP contribution in [0.25, 0.3) is 0 Å². The van der Waals surface area contributed by atoms with E-state index in [0.717, 1.165) is 0 Å². The Labute approximate surface area is 125 Å². The number of nitrogens with zero attached hydrogens (tertiary/aromatic N) is 1. The van der Waals surface area contributed by atoms with Crippen LogP contribution in [0, 0.1) is 15.9 Å². The highest BCUT2D eigenvalue weighted by Gasteiger charge is 2.20. The van der Waals surface area contributed by atoms with Gasteiger partial charge in [0.25, 0.3) is 0 Å². The van der Waals surface area contributed by atoms with E-state index in [0.29, 0.717) is 5.56 Å². The van der Waals surface area contributed by atoms with E-state index in [1.807, 2.05) is 0 Å². The molecule has 0 bridgehead atoms. The van der Waals surface area contributed by atoms with Crippen LogP contribution in [0.3, 0.4) is 0 Å². The monoisotopic (exact) mass is 310 g/mol. The highest BCUT2D eigenvalue weighted by atomic mass is 35.5. The minimum atomic E-state index is -0.654. The molecule has 2 aromatic rings. The Morgan fingerprint density at radius 1 is 1.38 bits per heavy atom. The fraction of sp³-hybridized carbons (Fsp3) is 0.143. The van der Waals surface area contributed by atoms with Crippen molar-refractivity contribution in [3.05, 3.63) is 62.9 Å². The first kappa shape index (κ1) is 15.2. The van der Waals surface area contributed by atoms with Crippen molar-refractivity contribution in [1.82, 2.24) is 0 Å². The average Bonchev–Trinajstić information content (AvgIpc) is 2.40. The Bertz CT molecular complexity index is 692. The molecule has 0 aliphatic rings. The third-order valence-corrected chi connectivity index (χ3v) is 3.05. The van der Waals surface area contributed by atoms with Gasteiger partial charge < -0.3 is 10.5 Å². The highest BCUT2D eigenvalue weighted by molar-refractivity contribution is 6.30. The molecule has 21 heavy (non-hydrogen) atoms. The van der Waals surface area contributed by atoms with Gasteiger partial charge in [-0.1, -0.05) is 23.7 Å². The number of halogens is 2. The molecule has 2 rings (SSSR count). The number of nitrogens with two attached hydrogens (primary N) is 1. The molecule has 5 nitrogen and oxygen atoms in total. The Balaban J connectivity index is 2.53. The van der Waals surface area contributed by atoms with Crippen molar-refractivity contribution < 1.29 is 14.1 Å². The average molecular weight is 311 g/mol. The maximum atomic E-state index is 13.9. The van der Waals surface area contributed by atoms with Gasteiger partial charge in [0.2, 0.25) is 5.75 Å². The number of benzene rings is 2. The van der Waals surface area contributed by atoms with Gasteiger partial charge in [-0.2, -0.15) is 0 Å². The van der Waals surface area contributed by atoms with Crippen molar-refractivity contribution in [2.75, 3.05) is 0 Å². The van der Waals surface area contributed by atoms with Crippen molar-refractivity contribution >= 4 is 17.3 Å². The van der Waals surface area contributed by atoms with Crippen molar-refractivity contribution in [2.24, 2.45) is 5.73 Å². The third-order valence-electron chi connectivity index (χ3n) is 2.82. The standard InChI is InChI=1S/C14H12ClFN2O3/c1-8(17)10-3-2-4-11(16)14(10)21-13-7-9(15)5-6-12(13)18(19)20/h2-8H,17H2,1H3/t8-/m1/s1. The molecule has 0 unspecified atom stereocenters. The number of ether oxygens (including phenoxy) is 1. The van der Waals surface area contributed by atoms with E-state index in [9.17, 15) is 14.5 Å². The smallest absolute Gasteiger partial charge is 0.311 e. The zero-order valence-corrected chi connectivity index (χ0v) is 11.8. The lowest BCUT2D eigenvalue weighted by atomic mass is 10.1. The molecular weight excluding hydrogens is 299 g/mol. The van der Waals surface area contributed by atoms with Crippen LogP contribution in [-0.4, -0.2) is 4.92 Å². The first-order valence-corrected chi connectivity index (χ1v) is 6.43. The van der Waals surface area contributed by atoms with Gasteiger partial charge in [0, 0.05) is 28.8 Å². The molecule has 0 aromatic heterocycles. The quantitative estimate of drug-likeness (QED) is 0.678. The van der Waals surface area contributed by atoms with Crippen LogP contribution in [0.2, 0.25) is 5.02 Å². The van der Waals surface area contributed by atoms with Gasteiger partial charge in [-0.3, -0.25) is 10.1 Å². The largest absolute Gasteiger partial charge is 0.447 e. The van der Waals surface area contributed by atoms with Crippen LogP contribution in [0.4, 0.5) is 10.1 Å². The summed E-state index contributed by atoms with van der Waals surface area (Å²) in [5, 5.41) is 11.2. The molecule has 110 valence electrons. The second-order valence-corrected chi connectivity index (χ2v) is 4.85. The summed E-state index contributed by atoms with van der Waals surface area (Å²) in [4.78, 5) is 10.4. The van der Waals surface area contributed by atoms with E-state index in [1.54, 1.807) is 13.0 Å². The molecule has 0 fully saturated rings. The SMILES string of the molecule is C[C@@H](N)c1cccc(F)c1Oc1cc(Cl)ccc1[N+](=O)[O-]. The second kappa shape index (κ2) is 6.07. The zero-order valence-electron chi connectivity index (χ0n) is 11.0. The lowest BCUT2D eigenvalue weighted by Crippen LogP contribution is -2.08. The first-order chi connectivity index (χ1) is 9.90. The van der Waals surface area contributed by atoms with Gasteiger partial charge >= 0.3 is 5.69 Å². The minimum Gasteiger partial charge on any atom is -0.447 e. The van der Waals surface area contributed by atoms with Crippen molar-refractivity contribution in [1.29, 1.82) is 0 Å². The number of hydrogen-bond donors (Lipinski definition) is 1. The van der Waals surface area contributed by atoms with Gasteiger partial charge in [-0.25, -0.2) is 4.39 Å². The van der Waals surface area contributed by atoms with Gasteiger partial charge in [0.1, 0.15) is 0 Å². The number of hydrogen-bond acceptors (Lipinski definition) is 4. The topological polar surface area (TPSA) is 78.4 Å². The summed E-state index contributed by atoms with van der Waals surface area (Å²) < 4.78 is 19.3. The first-order valence-electron chi connectivity index (χ1n) is 6.06. The second-order valence-electron chi connectivity index (χ2n) is 4.42. The minimum absolute atomic E-state index is 0.139. The van der Waals surface area contributed by atoms with Gasteiger partial charge in [-0.15, -0.1) is 0 Å². The molecule has 0 saturated heterocycles. The molecular formula is C14H12ClFN2O3. The van der Waals surface area contributed by atoms with Crippen LogP contribution in [-0.2, 0) is 0 Å². The lowest BCUT2D eigenvalue weighted by Gasteiger charge is -2.14. The molecule has 0 aliphatic carbocycles. The molecule has 0 radical (unpaired) electrons. The molecule has 0 aliphatic heterocycles. The Hall–Kier alpha value is -2.18. The van der Waals surface area contributed by atoms with Crippen molar-refractivity contribution in [2.45, 2.75) is 13.0 Å². The van der Waals surface area contributed by atoms with E-state index < -0.39 is 16.8 Å². The maximum absolute atomic E-state index is 13.9. The van der Waals surface area contributed by atoms with Crippen LogP contribution in [0.15, 0.2) is 36.4 Å². The molecule has 2 aromatic carbocycles. The summed E-state index contributed by atoms with van der Waals surface area (Å²) in [7, 11) is 0. The molecule has 0 amide bonds. The number of nitro benzene ring substituents is 1. The predicted octanol–water partition coefficient (Wildman–Crippen LogP) is 4.20. The molecule has 0 heterocycles. The van der Waals surface area contributed by atoms with Crippen molar-refractivity contribution in [3.8, 4) is 11.5 Å². The maximum Gasteiger partial charge on any atom is 0.311 e. The van der Waals surface area contributed by atoms with Gasteiger partial charge in [0.05, 0.1) is 4.92 Å².